The number of piperidine rings is 1. The monoisotopic (exact) mass is 496 g/mol. The Morgan fingerprint density at radius 2 is 1.83 bits per heavy atom. The molecular weight excluding hydrogens is 460 g/mol. The Morgan fingerprint density at radius 1 is 1.09 bits per heavy atom. The molecule has 2 aromatic rings. The third-order valence-corrected chi connectivity index (χ3v) is 7.55. The number of aromatic nitrogens is 2. The Bertz CT molecular complexity index is 1020. The molecule has 1 atom stereocenters. The van der Waals surface area contributed by atoms with Gasteiger partial charge in [0.25, 0.3) is 5.91 Å². The highest BCUT2D eigenvalue weighted by molar-refractivity contribution is 7.98. The molecule has 2 fully saturated rings. The molecule has 1 aromatic heterocycles. The van der Waals surface area contributed by atoms with Crippen LogP contribution in [0.25, 0.3) is 0 Å². The number of benzene rings is 1. The molecule has 35 heavy (non-hydrogen) atoms. The second-order valence-corrected chi connectivity index (χ2v) is 10.6. The van der Waals surface area contributed by atoms with Gasteiger partial charge in [-0.1, -0.05) is 37.7 Å². The van der Waals surface area contributed by atoms with Crippen LogP contribution >= 0.6 is 11.8 Å². The number of nitrogens with zero attached hydrogens (tertiary/aromatic N) is 4. The Labute approximate surface area is 212 Å². The minimum Gasteiger partial charge on any atom is -0.466 e. The number of esters is 1. The number of amides is 1. The lowest BCUT2D eigenvalue weighted by Gasteiger charge is -2.31. The molecule has 0 aliphatic carbocycles. The first-order valence-corrected chi connectivity index (χ1v) is 13.7. The van der Waals surface area contributed by atoms with Crippen molar-refractivity contribution in [2.45, 2.75) is 63.3 Å². The van der Waals surface area contributed by atoms with Crippen molar-refractivity contribution in [2.75, 3.05) is 37.7 Å². The van der Waals surface area contributed by atoms with Crippen LogP contribution in [0.3, 0.4) is 0 Å². The number of ether oxygens (including phenoxy) is 1. The molecule has 2 aliphatic rings. The van der Waals surface area contributed by atoms with Gasteiger partial charge in [-0.15, -0.1) is 0 Å². The largest absolute Gasteiger partial charge is 0.466 e. The summed E-state index contributed by atoms with van der Waals surface area (Å²) in [5.74, 6) is 1.67. The lowest BCUT2D eigenvalue weighted by Crippen LogP contribution is -2.42. The van der Waals surface area contributed by atoms with Crippen LogP contribution in [0.15, 0.2) is 35.5 Å². The van der Waals surface area contributed by atoms with Crippen LogP contribution in [0.5, 0.6) is 0 Å². The predicted octanol–water partition coefficient (Wildman–Crippen LogP) is 4.91. The molecule has 7 nitrogen and oxygen atoms in total. The van der Waals surface area contributed by atoms with Crippen molar-refractivity contribution in [2.24, 2.45) is 5.92 Å². The molecule has 1 aromatic carbocycles. The number of hydrogen-bond donors (Lipinski definition) is 0. The molecule has 2 saturated heterocycles. The molecule has 3 heterocycles. The molecule has 188 valence electrons. The van der Waals surface area contributed by atoms with Crippen molar-refractivity contribution < 1.29 is 14.3 Å². The Kier molecular flexibility index (Phi) is 8.65. The van der Waals surface area contributed by atoms with Gasteiger partial charge in [-0.2, -0.15) is 0 Å². The summed E-state index contributed by atoms with van der Waals surface area (Å²) < 4.78 is 5.16. The summed E-state index contributed by atoms with van der Waals surface area (Å²) in [4.78, 5) is 38.9. The van der Waals surface area contributed by atoms with Crippen LogP contribution in [-0.4, -0.2) is 59.5 Å². The van der Waals surface area contributed by atoms with Crippen LogP contribution in [-0.2, 0) is 15.3 Å². The minimum atomic E-state index is -0.227. The standard InChI is InChI=1S/C27H36N4O3S/c1-4-34-26(33)22-8-7-15-31(17-22)25(32)21-11-9-20(10-12-21)18-35-27-28-23(19(2)3)16-24(29-27)30-13-5-6-14-30/h9-12,16,19,22H,4-8,13-15,17-18H2,1-3H3. The van der Waals surface area contributed by atoms with E-state index >= 15 is 0 Å². The summed E-state index contributed by atoms with van der Waals surface area (Å²) in [5.41, 5.74) is 2.85. The predicted molar refractivity (Wildman–Crippen MR) is 139 cm³/mol. The molecular formula is C27H36N4O3S. The lowest BCUT2D eigenvalue weighted by molar-refractivity contribution is -0.149. The van der Waals surface area contributed by atoms with Gasteiger partial charge in [-0.05, 0) is 56.2 Å². The summed E-state index contributed by atoms with van der Waals surface area (Å²) in [6.45, 7) is 9.73. The van der Waals surface area contributed by atoms with Crippen molar-refractivity contribution >= 4 is 29.5 Å². The number of likely N-dealkylation sites (tertiary alicyclic amines) is 1. The molecule has 1 amide bonds. The van der Waals surface area contributed by atoms with E-state index in [9.17, 15) is 9.59 Å². The third kappa shape index (κ3) is 6.54. The second-order valence-electron chi connectivity index (χ2n) is 9.61. The number of carbonyl (C=O) groups excluding carboxylic acids is 2. The van der Waals surface area contributed by atoms with Crippen molar-refractivity contribution in [1.29, 1.82) is 0 Å². The van der Waals surface area contributed by atoms with Crippen LogP contribution in [0.4, 0.5) is 5.82 Å². The second kappa shape index (κ2) is 11.9. The highest BCUT2D eigenvalue weighted by Crippen LogP contribution is 2.27. The van der Waals surface area contributed by atoms with Gasteiger partial charge in [-0.25, -0.2) is 9.97 Å². The molecule has 0 saturated carbocycles. The van der Waals surface area contributed by atoms with Crippen LogP contribution < -0.4 is 4.90 Å². The van der Waals surface area contributed by atoms with E-state index in [0.717, 1.165) is 53.9 Å². The highest BCUT2D eigenvalue weighted by Gasteiger charge is 2.29. The zero-order valence-electron chi connectivity index (χ0n) is 21.0. The average Bonchev–Trinajstić information content (AvgIpc) is 3.43. The van der Waals surface area contributed by atoms with E-state index in [0.29, 0.717) is 31.2 Å². The summed E-state index contributed by atoms with van der Waals surface area (Å²) in [6.07, 6.45) is 4.03. The topological polar surface area (TPSA) is 75.6 Å². The number of carbonyl (C=O) groups is 2. The fourth-order valence-corrected chi connectivity index (χ4v) is 5.40. The SMILES string of the molecule is CCOC(=O)C1CCCN(C(=O)c2ccc(CSc3nc(C(C)C)cc(N4CCCC4)n3)cc2)C1. The van der Waals surface area contributed by atoms with E-state index in [2.05, 4.69) is 24.8 Å². The molecule has 4 rings (SSSR count). The molecule has 0 N–H and O–H groups in total. The van der Waals surface area contributed by atoms with Gasteiger partial charge in [0.15, 0.2) is 5.16 Å². The summed E-state index contributed by atoms with van der Waals surface area (Å²) in [6, 6.07) is 9.90. The van der Waals surface area contributed by atoms with E-state index in [1.807, 2.05) is 31.2 Å². The van der Waals surface area contributed by atoms with E-state index < -0.39 is 0 Å². The number of rotatable bonds is 8. The van der Waals surface area contributed by atoms with Crippen LogP contribution in [0.1, 0.15) is 74.0 Å². The maximum Gasteiger partial charge on any atom is 0.310 e. The average molecular weight is 497 g/mol. The normalized spacial score (nSPS) is 18.2. The van der Waals surface area contributed by atoms with E-state index in [1.54, 1.807) is 16.7 Å². The summed E-state index contributed by atoms with van der Waals surface area (Å²) in [5, 5.41) is 0.802. The minimum absolute atomic E-state index is 0.0265. The molecule has 0 spiro atoms. The van der Waals surface area contributed by atoms with E-state index in [4.69, 9.17) is 14.7 Å². The number of thioether (sulfide) groups is 1. The van der Waals surface area contributed by atoms with Gasteiger partial charge in [0, 0.05) is 49.3 Å². The Balaban J connectivity index is 1.38. The first-order valence-electron chi connectivity index (χ1n) is 12.8. The summed E-state index contributed by atoms with van der Waals surface area (Å²) in [7, 11) is 0. The van der Waals surface area contributed by atoms with Gasteiger partial charge < -0.3 is 14.5 Å². The molecule has 1 unspecified atom stereocenters. The quantitative estimate of drug-likeness (QED) is 0.292. The molecule has 0 radical (unpaired) electrons. The highest BCUT2D eigenvalue weighted by atomic mass is 32.2. The fraction of sp³-hybridized carbons (Fsp3) is 0.556. The lowest BCUT2D eigenvalue weighted by atomic mass is 9.97. The van der Waals surface area contributed by atoms with Gasteiger partial charge in [0.1, 0.15) is 5.82 Å². The Morgan fingerprint density at radius 3 is 2.51 bits per heavy atom. The van der Waals surface area contributed by atoms with Gasteiger partial charge >= 0.3 is 5.97 Å². The van der Waals surface area contributed by atoms with Gasteiger partial charge in [0.2, 0.25) is 0 Å². The zero-order chi connectivity index (χ0) is 24.8. The first-order chi connectivity index (χ1) is 16.9. The van der Waals surface area contributed by atoms with Gasteiger partial charge in [0.05, 0.1) is 12.5 Å². The molecule has 2 aliphatic heterocycles. The van der Waals surface area contributed by atoms with Gasteiger partial charge in [-0.3, -0.25) is 9.59 Å². The maximum absolute atomic E-state index is 13.0. The van der Waals surface area contributed by atoms with E-state index in [-0.39, 0.29) is 17.8 Å². The molecule has 8 heteroatoms. The van der Waals surface area contributed by atoms with Crippen molar-refractivity contribution in [1.82, 2.24) is 14.9 Å². The third-order valence-electron chi connectivity index (χ3n) is 6.63. The first kappa shape index (κ1) is 25.5. The maximum atomic E-state index is 13.0. The zero-order valence-corrected chi connectivity index (χ0v) is 21.9. The number of anilines is 1. The number of hydrogen-bond acceptors (Lipinski definition) is 7. The summed E-state index contributed by atoms with van der Waals surface area (Å²) >= 11 is 1.63. The van der Waals surface area contributed by atoms with E-state index in [1.165, 1.54) is 12.8 Å². The van der Waals surface area contributed by atoms with Crippen molar-refractivity contribution in [3.05, 3.63) is 47.2 Å². The van der Waals surface area contributed by atoms with Crippen LogP contribution in [0.2, 0.25) is 0 Å². The van der Waals surface area contributed by atoms with Crippen LogP contribution in [0, 0.1) is 5.92 Å². The van der Waals surface area contributed by atoms with Crippen molar-refractivity contribution in [3.63, 3.8) is 0 Å². The fourth-order valence-electron chi connectivity index (χ4n) is 4.59. The smallest absolute Gasteiger partial charge is 0.310 e. The van der Waals surface area contributed by atoms with Crippen molar-refractivity contribution in [3.8, 4) is 0 Å². The Hall–Kier alpha value is -2.61. The molecule has 0 bridgehead atoms.